The van der Waals surface area contributed by atoms with Crippen molar-refractivity contribution >= 4 is 28.7 Å². The molecule has 5 rings (SSSR count). The molecule has 31 heavy (non-hydrogen) atoms. The summed E-state index contributed by atoms with van der Waals surface area (Å²) in [6, 6.07) is 20.5. The Balaban J connectivity index is 1.36. The van der Waals surface area contributed by atoms with E-state index in [1.54, 1.807) is 0 Å². The number of morpholine rings is 1. The first-order valence-electron chi connectivity index (χ1n) is 10.2. The second kappa shape index (κ2) is 8.45. The summed E-state index contributed by atoms with van der Waals surface area (Å²) in [6.45, 7) is 2.99. The van der Waals surface area contributed by atoms with E-state index >= 15 is 0 Å². The maximum absolute atomic E-state index is 12.2. The second-order valence-electron chi connectivity index (χ2n) is 7.22. The number of fused-ring (bicyclic) bond motifs is 1. The van der Waals surface area contributed by atoms with E-state index < -0.39 is 0 Å². The molecule has 1 saturated heterocycles. The number of para-hydroxylation sites is 1. The fraction of sp³-hybridized carbons (Fsp3) is 0.174. The molecule has 156 valence electrons. The molecule has 2 aromatic carbocycles. The number of nitrogens with one attached hydrogen (secondary N) is 2. The molecular formula is C23H22N6O2. The normalized spacial score (nSPS) is 13.9. The molecule has 4 aromatic rings. The highest BCUT2D eigenvalue weighted by Crippen LogP contribution is 2.25. The molecule has 2 amide bonds. The molecular weight excluding hydrogens is 392 g/mol. The molecule has 0 spiro atoms. The van der Waals surface area contributed by atoms with Crippen molar-refractivity contribution in [3.8, 4) is 11.4 Å². The van der Waals surface area contributed by atoms with Gasteiger partial charge in [0, 0.05) is 36.2 Å². The number of carbonyl (C=O) groups is 1. The van der Waals surface area contributed by atoms with Crippen molar-refractivity contribution < 1.29 is 9.53 Å². The third-order valence-corrected chi connectivity index (χ3v) is 5.11. The first-order chi connectivity index (χ1) is 15.3. The number of rotatable bonds is 4. The number of benzene rings is 2. The molecule has 1 aliphatic rings. The minimum atomic E-state index is -0.293. The highest BCUT2D eigenvalue weighted by Gasteiger charge is 2.18. The van der Waals surface area contributed by atoms with Crippen LogP contribution in [0.5, 0.6) is 0 Å². The number of amides is 2. The first-order valence-corrected chi connectivity index (χ1v) is 10.2. The number of anilines is 3. The zero-order valence-corrected chi connectivity index (χ0v) is 16.9. The second-order valence-corrected chi connectivity index (χ2v) is 7.22. The van der Waals surface area contributed by atoms with Crippen molar-refractivity contribution in [1.29, 1.82) is 0 Å². The van der Waals surface area contributed by atoms with E-state index in [9.17, 15) is 4.79 Å². The topological polar surface area (TPSA) is 83.8 Å². The molecule has 2 N–H and O–H groups in total. The maximum atomic E-state index is 12.2. The number of urea groups is 1. The fourth-order valence-electron chi connectivity index (χ4n) is 3.57. The summed E-state index contributed by atoms with van der Waals surface area (Å²) in [6.07, 6.45) is 1.92. The van der Waals surface area contributed by atoms with Gasteiger partial charge < -0.3 is 20.3 Å². The third-order valence-electron chi connectivity index (χ3n) is 5.11. The van der Waals surface area contributed by atoms with Gasteiger partial charge in [0.05, 0.1) is 13.2 Å². The molecule has 0 bridgehead atoms. The van der Waals surface area contributed by atoms with E-state index in [1.807, 2.05) is 77.4 Å². The third kappa shape index (κ3) is 4.19. The Morgan fingerprint density at radius 3 is 2.32 bits per heavy atom. The lowest BCUT2D eigenvalue weighted by atomic mass is 10.2. The summed E-state index contributed by atoms with van der Waals surface area (Å²) < 4.78 is 7.33. The quantitative estimate of drug-likeness (QED) is 0.530. The van der Waals surface area contributed by atoms with Gasteiger partial charge in [-0.05, 0) is 48.5 Å². The minimum Gasteiger partial charge on any atom is -0.378 e. The molecule has 2 aromatic heterocycles. The van der Waals surface area contributed by atoms with Gasteiger partial charge in [0.2, 0.25) is 0 Å². The average molecular weight is 414 g/mol. The Morgan fingerprint density at radius 2 is 1.58 bits per heavy atom. The zero-order chi connectivity index (χ0) is 21.0. The predicted octanol–water partition coefficient (Wildman–Crippen LogP) is 3.88. The molecule has 0 atom stereocenters. The van der Waals surface area contributed by atoms with Crippen LogP contribution < -0.4 is 15.5 Å². The van der Waals surface area contributed by atoms with Crippen LogP contribution in [0.3, 0.4) is 0 Å². The van der Waals surface area contributed by atoms with Crippen LogP contribution in [0.2, 0.25) is 0 Å². The van der Waals surface area contributed by atoms with Gasteiger partial charge in [0.25, 0.3) is 0 Å². The molecule has 1 aliphatic heterocycles. The number of carbonyl (C=O) groups excluding carboxylic acids is 1. The van der Waals surface area contributed by atoms with E-state index in [0.29, 0.717) is 24.7 Å². The lowest BCUT2D eigenvalue weighted by Gasteiger charge is -2.28. The molecule has 8 heteroatoms. The van der Waals surface area contributed by atoms with E-state index in [0.717, 1.165) is 35.7 Å². The van der Waals surface area contributed by atoms with Crippen molar-refractivity contribution in [3.63, 3.8) is 0 Å². The van der Waals surface area contributed by atoms with Gasteiger partial charge in [-0.2, -0.15) is 0 Å². The molecule has 3 heterocycles. The van der Waals surface area contributed by atoms with Crippen LogP contribution in [-0.4, -0.2) is 46.9 Å². The van der Waals surface area contributed by atoms with Crippen LogP contribution >= 0.6 is 0 Å². The fourth-order valence-corrected chi connectivity index (χ4v) is 3.57. The number of hydrogen-bond donors (Lipinski definition) is 2. The maximum Gasteiger partial charge on any atom is 0.323 e. The van der Waals surface area contributed by atoms with Gasteiger partial charge in [-0.25, -0.2) is 14.3 Å². The highest BCUT2D eigenvalue weighted by molar-refractivity contribution is 5.99. The predicted molar refractivity (Wildman–Crippen MR) is 121 cm³/mol. The Bertz CT molecular complexity index is 1180. The summed E-state index contributed by atoms with van der Waals surface area (Å²) >= 11 is 0. The number of aromatic nitrogens is 3. The molecule has 0 unspecified atom stereocenters. The van der Waals surface area contributed by atoms with Gasteiger partial charge in [-0.1, -0.05) is 18.2 Å². The SMILES string of the molecule is O=C(Nc1ccccc1)Nc1ccc(-c2nc(N3CCOCC3)c3cccn3n2)cc1. The highest BCUT2D eigenvalue weighted by atomic mass is 16.5. The summed E-state index contributed by atoms with van der Waals surface area (Å²) in [4.78, 5) is 19.3. The smallest absolute Gasteiger partial charge is 0.323 e. The molecule has 0 radical (unpaired) electrons. The number of ether oxygens (including phenoxy) is 1. The Kier molecular flexibility index (Phi) is 5.20. The lowest BCUT2D eigenvalue weighted by molar-refractivity contribution is 0.122. The van der Waals surface area contributed by atoms with E-state index in [2.05, 4.69) is 20.6 Å². The number of hydrogen-bond acceptors (Lipinski definition) is 5. The van der Waals surface area contributed by atoms with Crippen molar-refractivity contribution in [2.45, 2.75) is 0 Å². The van der Waals surface area contributed by atoms with Crippen molar-refractivity contribution in [2.24, 2.45) is 0 Å². The van der Waals surface area contributed by atoms with Crippen molar-refractivity contribution in [3.05, 3.63) is 72.9 Å². The van der Waals surface area contributed by atoms with Gasteiger partial charge >= 0.3 is 6.03 Å². The summed E-state index contributed by atoms with van der Waals surface area (Å²) in [5.74, 6) is 1.54. The Labute approximate surface area is 179 Å². The summed E-state index contributed by atoms with van der Waals surface area (Å²) in [7, 11) is 0. The Hall–Kier alpha value is -3.91. The van der Waals surface area contributed by atoms with E-state index in [-0.39, 0.29) is 6.03 Å². The van der Waals surface area contributed by atoms with Crippen LogP contribution in [0.1, 0.15) is 0 Å². The van der Waals surface area contributed by atoms with Crippen LogP contribution in [-0.2, 0) is 4.74 Å². The Morgan fingerprint density at radius 1 is 0.871 bits per heavy atom. The molecule has 0 aliphatic carbocycles. The van der Waals surface area contributed by atoms with Crippen LogP contribution in [0.15, 0.2) is 72.9 Å². The van der Waals surface area contributed by atoms with Gasteiger partial charge in [-0.15, -0.1) is 5.10 Å². The summed E-state index contributed by atoms with van der Waals surface area (Å²) in [5.41, 5.74) is 3.27. The monoisotopic (exact) mass is 414 g/mol. The van der Waals surface area contributed by atoms with Crippen molar-refractivity contribution in [2.75, 3.05) is 41.8 Å². The van der Waals surface area contributed by atoms with Gasteiger partial charge in [0.15, 0.2) is 11.6 Å². The van der Waals surface area contributed by atoms with Crippen LogP contribution in [0.25, 0.3) is 16.9 Å². The first kappa shape index (κ1) is 19.1. The largest absolute Gasteiger partial charge is 0.378 e. The zero-order valence-electron chi connectivity index (χ0n) is 16.9. The summed E-state index contributed by atoms with van der Waals surface area (Å²) in [5, 5.41) is 10.3. The molecule has 0 saturated carbocycles. The van der Waals surface area contributed by atoms with E-state index in [4.69, 9.17) is 9.72 Å². The van der Waals surface area contributed by atoms with Crippen LogP contribution in [0, 0.1) is 0 Å². The number of nitrogens with zero attached hydrogens (tertiary/aromatic N) is 4. The van der Waals surface area contributed by atoms with Gasteiger partial charge in [-0.3, -0.25) is 0 Å². The van der Waals surface area contributed by atoms with Crippen molar-refractivity contribution in [1.82, 2.24) is 14.6 Å². The molecule has 1 fully saturated rings. The lowest BCUT2D eigenvalue weighted by Crippen LogP contribution is -2.37. The van der Waals surface area contributed by atoms with Gasteiger partial charge in [0.1, 0.15) is 5.52 Å². The molecule has 8 nitrogen and oxygen atoms in total. The average Bonchev–Trinajstić information content (AvgIpc) is 3.29. The van der Waals surface area contributed by atoms with E-state index in [1.165, 1.54) is 0 Å². The minimum absolute atomic E-state index is 0.293. The van der Waals surface area contributed by atoms with Crippen LogP contribution in [0.4, 0.5) is 22.0 Å². The standard InChI is InChI=1S/C23H22N6O2/c30-23(24-18-5-2-1-3-6-18)25-19-10-8-17(9-11-19)21-26-22(28-13-15-31-16-14-28)20-7-4-12-29(20)27-21/h1-12H,13-16H2,(H2,24,25,30).